The maximum atomic E-state index is 6.06. The summed E-state index contributed by atoms with van der Waals surface area (Å²) in [6.45, 7) is 8.29. The summed E-state index contributed by atoms with van der Waals surface area (Å²) >= 11 is 0. The van der Waals surface area contributed by atoms with Crippen molar-refractivity contribution in [2.75, 3.05) is 20.3 Å². The summed E-state index contributed by atoms with van der Waals surface area (Å²) in [6.07, 6.45) is 6.90. The van der Waals surface area contributed by atoms with E-state index in [1.54, 1.807) is 0 Å². The molecule has 1 aromatic carbocycles. The largest absolute Gasteiger partial charge is 0.379 e. The fourth-order valence-corrected chi connectivity index (χ4v) is 3.76. The first-order valence-electron chi connectivity index (χ1n) is 8.44. The molecule has 0 aliphatic heterocycles. The lowest BCUT2D eigenvalue weighted by molar-refractivity contribution is 0.0705. The lowest BCUT2D eigenvalue weighted by Gasteiger charge is -2.25. The molecule has 0 saturated heterocycles. The zero-order valence-electron chi connectivity index (χ0n) is 14.2. The van der Waals surface area contributed by atoms with Gasteiger partial charge in [0.15, 0.2) is 0 Å². The van der Waals surface area contributed by atoms with E-state index in [0.717, 1.165) is 19.1 Å². The van der Waals surface area contributed by atoms with Crippen LogP contribution in [-0.2, 0) is 4.74 Å². The lowest BCUT2D eigenvalue weighted by Crippen LogP contribution is -2.25. The second-order valence-corrected chi connectivity index (χ2v) is 6.70. The second-order valence-electron chi connectivity index (χ2n) is 6.70. The Morgan fingerprint density at radius 3 is 2.29 bits per heavy atom. The van der Waals surface area contributed by atoms with Crippen molar-refractivity contribution >= 4 is 0 Å². The predicted molar refractivity (Wildman–Crippen MR) is 89.8 cm³/mol. The molecule has 21 heavy (non-hydrogen) atoms. The highest BCUT2D eigenvalue weighted by molar-refractivity contribution is 5.39. The summed E-state index contributed by atoms with van der Waals surface area (Å²) in [7, 11) is 2.04. The molecular formula is C19H31NO. The van der Waals surface area contributed by atoms with Gasteiger partial charge < -0.3 is 10.1 Å². The van der Waals surface area contributed by atoms with Crippen LogP contribution in [0.5, 0.6) is 0 Å². The van der Waals surface area contributed by atoms with E-state index in [9.17, 15) is 0 Å². The van der Waals surface area contributed by atoms with E-state index in [-0.39, 0.29) is 0 Å². The maximum Gasteiger partial charge on any atom is 0.0661 e. The van der Waals surface area contributed by atoms with Gasteiger partial charge in [0.05, 0.1) is 12.6 Å². The SMILES string of the molecule is CNC(COCC1CCCCC1)c1c(C)cc(C)cc1C. The Kier molecular flexibility index (Phi) is 6.25. The molecule has 118 valence electrons. The van der Waals surface area contributed by atoms with Crippen molar-refractivity contribution in [1.29, 1.82) is 0 Å². The smallest absolute Gasteiger partial charge is 0.0661 e. The minimum atomic E-state index is 0.300. The number of hydrogen-bond acceptors (Lipinski definition) is 2. The summed E-state index contributed by atoms with van der Waals surface area (Å²) in [5.74, 6) is 0.788. The Bertz CT molecular complexity index is 426. The molecule has 1 aliphatic carbocycles. The summed E-state index contributed by atoms with van der Waals surface area (Å²) < 4.78 is 6.06. The quantitative estimate of drug-likeness (QED) is 0.834. The van der Waals surface area contributed by atoms with Crippen LogP contribution < -0.4 is 5.32 Å². The number of likely N-dealkylation sites (N-methyl/N-ethyl adjacent to an activating group) is 1. The van der Waals surface area contributed by atoms with Gasteiger partial charge in [-0.05, 0) is 63.3 Å². The van der Waals surface area contributed by atoms with Crippen molar-refractivity contribution in [3.63, 3.8) is 0 Å². The van der Waals surface area contributed by atoms with Gasteiger partial charge in [-0.3, -0.25) is 0 Å². The van der Waals surface area contributed by atoms with E-state index in [2.05, 4.69) is 38.2 Å². The number of rotatable bonds is 6. The molecule has 0 amide bonds. The van der Waals surface area contributed by atoms with Crippen molar-refractivity contribution in [2.45, 2.75) is 58.9 Å². The molecule has 2 rings (SSSR count). The van der Waals surface area contributed by atoms with E-state index < -0.39 is 0 Å². The number of ether oxygens (including phenoxy) is 1. The molecule has 1 atom stereocenters. The van der Waals surface area contributed by atoms with Gasteiger partial charge in [-0.2, -0.15) is 0 Å². The Morgan fingerprint density at radius 2 is 1.71 bits per heavy atom. The van der Waals surface area contributed by atoms with E-state index in [1.165, 1.54) is 54.4 Å². The van der Waals surface area contributed by atoms with Crippen LogP contribution in [0.4, 0.5) is 0 Å². The van der Waals surface area contributed by atoms with Gasteiger partial charge >= 0.3 is 0 Å². The third-order valence-corrected chi connectivity index (χ3v) is 4.80. The fourth-order valence-electron chi connectivity index (χ4n) is 3.76. The number of aryl methyl sites for hydroxylation is 3. The molecular weight excluding hydrogens is 258 g/mol. The van der Waals surface area contributed by atoms with Crippen LogP contribution in [0.25, 0.3) is 0 Å². The highest BCUT2D eigenvalue weighted by atomic mass is 16.5. The molecule has 0 spiro atoms. The molecule has 1 aromatic rings. The van der Waals surface area contributed by atoms with Crippen LogP contribution in [0.15, 0.2) is 12.1 Å². The molecule has 0 aromatic heterocycles. The van der Waals surface area contributed by atoms with Crippen molar-refractivity contribution in [2.24, 2.45) is 5.92 Å². The molecule has 1 fully saturated rings. The minimum absolute atomic E-state index is 0.300. The molecule has 1 aliphatic rings. The standard InChI is InChI=1S/C19H31NO/c1-14-10-15(2)19(16(3)11-14)18(20-4)13-21-12-17-8-6-5-7-9-17/h10-11,17-18,20H,5-9,12-13H2,1-4H3. The summed E-state index contributed by atoms with van der Waals surface area (Å²) in [6, 6.07) is 4.84. The number of hydrogen-bond donors (Lipinski definition) is 1. The molecule has 0 heterocycles. The highest BCUT2D eigenvalue weighted by Gasteiger charge is 2.17. The van der Waals surface area contributed by atoms with E-state index >= 15 is 0 Å². The minimum Gasteiger partial charge on any atom is -0.379 e. The number of benzene rings is 1. The summed E-state index contributed by atoms with van der Waals surface area (Å²) in [4.78, 5) is 0. The van der Waals surface area contributed by atoms with Gasteiger partial charge in [0.1, 0.15) is 0 Å². The van der Waals surface area contributed by atoms with E-state index in [4.69, 9.17) is 4.74 Å². The van der Waals surface area contributed by atoms with E-state index in [0.29, 0.717) is 6.04 Å². The van der Waals surface area contributed by atoms with Crippen molar-refractivity contribution in [3.05, 3.63) is 34.4 Å². The van der Waals surface area contributed by atoms with Crippen LogP contribution in [0.1, 0.15) is 60.4 Å². The van der Waals surface area contributed by atoms with Crippen LogP contribution in [0.2, 0.25) is 0 Å². The average molecular weight is 289 g/mol. The van der Waals surface area contributed by atoms with Gasteiger partial charge in [-0.25, -0.2) is 0 Å². The van der Waals surface area contributed by atoms with Crippen LogP contribution in [0, 0.1) is 26.7 Å². The third kappa shape index (κ3) is 4.55. The summed E-state index contributed by atoms with van der Waals surface area (Å²) in [5, 5.41) is 3.43. The van der Waals surface area contributed by atoms with E-state index in [1.807, 2.05) is 7.05 Å². The van der Waals surface area contributed by atoms with Crippen molar-refractivity contribution < 1.29 is 4.74 Å². The van der Waals surface area contributed by atoms with Crippen LogP contribution >= 0.6 is 0 Å². The molecule has 1 N–H and O–H groups in total. The highest BCUT2D eigenvalue weighted by Crippen LogP contribution is 2.26. The lowest BCUT2D eigenvalue weighted by atomic mass is 9.90. The van der Waals surface area contributed by atoms with Crippen molar-refractivity contribution in [1.82, 2.24) is 5.32 Å². The zero-order chi connectivity index (χ0) is 15.2. The molecule has 0 bridgehead atoms. The second kappa shape index (κ2) is 7.95. The van der Waals surface area contributed by atoms with Crippen molar-refractivity contribution in [3.8, 4) is 0 Å². The monoisotopic (exact) mass is 289 g/mol. The number of nitrogens with one attached hydrogen (secondary N) is 1. The first kappa shape index (κ1) is 16.5. The zero-order valence-corrected chi connectivity index (χ0v) is 14.2. The molecule has 1 saturated carbocycles. The van der Waals surface area contributed by atoms with Gasteiger partial charge in [0.2, 0.25) is 0 Å². The molecule has 2 nitrogen and oxygen atoms in total. The first-order chi connectivity index (χ1) is 10.1. The Labute approximate surface area is 130 Å². The maximum absolute atomic E-state index is 6.06. The summed E-state index contributed by atoms with van der Waals surface area (Å²) in [5.41, 5.74) is 5.49. The Hall–Kier alpha value is -0.860. The Morgan fingerprint density at radius 1 is 1.10 bits per heavy atom. The predicted octanol–water partition coefficient (Wildman–Crippen LogP) is 4.47. The third-order valence-electron chi connectivity index (χ3n) is 4.80. The topological polar surface area (TPSA) is 21.3 Å². The fraction of sp³-hybridized carbons (Fsp3) is 0.684. The first-order valence-corrected chi connectivity index (χ1v) is 8.44. The molecule has 2 heteroatoms. The average Bonchev–Trinajstić information content (AvgIpc) is 2.45. The Balaban J connectivity index is 1.93. The molecule has 0 radical (unpaired) electrons. The van der Waals surface area contributed by atoms with Gasteiger partial charge in [0, 0.05) is 6.61 Å². The van der Waals surface area contributed by atoms with Crippen LogP contribution in [0.3, 0.4) is 0 Å². The molecule has 1 unspecified atom stereocenters. The van der Waals surface area contributed by atoms with Gasteiger partial charge in [-0.1, -0.05) is 37.0 Å². The van der Waals surface area contributed by atoms with Gasteiger partial charge in [0.25, 0.3) is 0 Å². The van der Waals surface area contributed by atoms with Crippen LogP contribution in [-0.4, -0.2) is 20.3 Å². The normalized spacial score (nSPS) is 17.9. The van der Waals surface area contributed by atoms with Gasteiger partial charge in [-0.15, -0.1) is 0 Å².